The molecule has 0 aliphatic carbocycles. The van der Waals surface area contributed by atoms with Crippen LogP contribution in [0.15, 0.2) is 42.5 Å². The van der Waals surface area contributed by atoms with Crippen molar-refractivity contribution in [1.29, 1.82) is 0 Å². The molecule has 1 saturated heterocycles. The van der Waals surface area contributed by atoms with E-state index in [1.165, 1.54) is 4.90 Å². The first-order valence-electron chi connectivity index (χ1n) is 7.77. The monoisotopic (exact) mass is 358 g/mol. The molecule has 128 valence electrons. The van der Waals surface area contributed by atoms with Gasteiger partial charge in [-0.15, -0.1) is 0 Å². The highest BCUT2D eigenvalue weighted by Gasteiger charge is 2.49. The quantitative estimate of drug-likeness (QED) is 0.856. The molecule has 1 N–H and O–H groups in total. The van der Waals surface area contributed by atoms with Gasteiger partial charge in [0.25, 0.3) is 5.91 Å². The summed E-state index contributed by atoms with van der Waals surface area (Å²) in [7, 11) is 0. The first-order valence-corrected chi connectivity index (χ1v) is 8.14. The number of amides is 3. The third kappa shape index (κ3) is 2.49. The summed E-state index contributed by atoms with van der Waals surface area (Å²) in [4.78, 5) is 26.6. The van der Waals surface area contributed by atoms with Crippen LogP contribution in [0.1, 0.15) is 18.1 Å². The fourth-order valence-corrected chi connectivity index (χ4v) is 3.44. The molecule has 7 heteroatoms. The predicted octanol–water partition coefficient (Wildman–Crippen LogP) is 3.04. The lowest BCUT2D eigenvalue weighted by molar-refractivity contribution is -0.131. The van der Waals surface area contributed by atoms with Gasteiger partial charge >= 0.3 is 6.03 Å². The highest BCUT2D eigenvalue weighted by molar-refractivity contribution is 6.32. The Bertz CT molecular complexity index is 885. The van der Waals surface area contributed by atoms with Crippen LogP contribution in [0.3, 0.4) is 0 Å². The zero-order chi connectivity index (χ0) is 17.6. The van der Waals surface area contributed by atoms with Gasteiger partial charge in [0, 0.05) is 10.6 Å². The standard InChI is InChI=1S/C18H15ClN2O4/c1-18(12-4-2-3-5-13(12)19)16(22)21(17(23)20-18)9-11-6-7-14-15(8-11)25-10-24-14/h2-8H,9-10H2,1H3,(H,20,23)/t18-/m0/s1. The fourth-order valence-electron chi connectivity index (χ4n) is 3.11. The summed E-state index contributed by atoms with van der Waals surface area (Å²) >= 11 is 6.23. The number of rotatable bonds is 3. The molecule has 0 bridgehead atoms. The van der Waals surface area contributed by atoms with Crippen LogP contribution in [-0.4, -0.2) is 23.6 Å². The van der Waals surface area contributed by atoms with E-state index in [1.807, 2.05) is 0 Å². The fraction of sp³-hybridized carbons (Fsp3) is 0.222. The summed E-state index contributed by atoms with van der Waals surface area (Å²) in [5.74, 6) is 0.920. The molecule has 0 unspecified atom stereocenters. The molecule has 2 aromatic carbocycles. The molecule has 2 aliphatic rings. The van der Waals surface area contributed by atoms with Gasteiger partial charge in [-0.05, 0) is 30.7 Å². The number of carbonyl (C=O) groups is 2. The van der Waals surface area contributed by atoms with Crippen molar-refractivity contribution in [3.8, 4) is 11.5 Å². The molecule has 1 fully saturated rings. The second-order valence-corrected chi connectivity index (χ2v) is 6.52. The van der Waals surface area contributed by atoms with Crippen LogP contribution in [0.4, 0.5) is 4.79 Å². The van der Waals surface area contributed by atoms with Gasteiger partial charge < -0.3 is 14.8 Å². The lowest BCUT2D eigenvalue weighted by Gasteiger charge is -2.23. The van der Waals surface area contributed by atoms with E-state index in [0.717, 1.165) is 5.56 Å². The van der Waals surface area contributed by atoms with Gasteiger partial charge in [-0.3, -0.25) is 9.69 Å². The predicted molar refractivity (Wildman–Crippen MR) is 90.5 cm³/mol. The van der Waals surface area contributed by atoms with Crippen LogP contribution in [0.2, 0.25) is 5.02 Å². The molecule has 2 aromatic rings. The molecule has 0 saturated carbocycles. The van der Waals surface area contributed by atoms with Gasteiger partial charge in [0.1, 0.15) is 5.54 Å². The van der Waals surface area contributed by atoms with Gasteiger partial charge in [0.15, 0.2) is 11.5 Å². The van der Waals surface area contributed by atoms with Crippen molar-refractivity contribution in [2.45, 2.75) is 19.0 Å². The second kappa shape index (κ2) is 5.67. The number of halogens is 1. The summed E-state index contributed by atoms with van der Waals surface area (Å²) in [5.41, 5.74) is 0.158. The minimum atomic E-state index is -1.19. The first kappa shape index (κ1) is 15.8. The Morgan fingerprint density at radius 1 is 1.16 bits per heavy atom. The SMILES string of the molecule is C[C@@]1(c2ccccc2Cl)NC(=O)N(Cc2ccc3c(c2)OCO3)C1=O. The van der Waals surface area contributed by atoms with E-state index in [-0.39, 0.29) is 19.2 Å². The molecule has 6 nitrogen and oxygen atoms in total. The Morgan fingerprint density at radius 3 is 2.72 bits per heavy atom. The molecule has 0 radical (unpaired) electrons. The first-order chi connectivity index (χ1) is 12.0. The van der Waals surface area contributed by atoms with Crippen molar-refractivity contribution < 1.29 is 19.1 Å². The molecular weight excluding hydrogens is 344 g/mol. The van der Waals surface area contributed by atoms with Crippen LogP contribution < -0.4 is 14.8 Å². The Hall–Kier alpha value is -2.73. The Morgan fingerprint density at radius 2 is 1.92 bits per heavy atom. The number of urea groups is 1. The maximum absolute atomic E-state index is 13.0. The van der Waals surface area contributed by atoms with Crippen LogP contribution in [0.5, 0.6) is 11.5 Å². The summed E-state index contributed by atoms with van der Waals surface area (Å²) in [6, 6.07) is 11.9. The minimum absolute atomic E-state index is 0.140. The van der Waals surface area contributed by atoms with E-state index in [2.05, 4.69) is 5.32 Å². The molecule has 0 aromatic heterocycles. The van der Waals surface area contributed by atoms with E-state index in [0.29, 0.717) is 22.1 Å². The summed E-state index contributed by atoms with van der Waals surface area (Å²) < 4.78 is 10.6. The Balaban J connectivity index is 1.63. The molecule has 0 spiro atoms. The third-order valence-corrected chi connectivity index (χ3v) is 4.79. The second-order valence-electron chi connectivity index (χ2n) is 6.11. The summed E-state index contributed by atoms with van der Waals surface area (Å²) in [6.45, 7) is 1.97. The minimum Gasteiger partial charge on any atom is -0.454 e. The number of nitrogens with one attached hydrogen (secondary N) is 1. The normalized spacial score (nSPS) is 21.6. The van der Waals surface area contributed by atoms with Gasteiger partial charge in [-0.25, -0.2) is 4.79 Å². The van der Waals surface area contributed by atoms with Crippen molar-refractivity contribution >= 4 is 23.5 Å². The average Bonchev–Trinajstić information content (AvgIpc) is 3.14. The molecule has 2 aliphatic heterocycles. The summed E-state index contributed by atoms with van der Waals surface area (Å²) in [5, 5.41) is 3.19. The smallest absolute Gasteiger partial charge is 0.325 e. The van der Waals surface area contributed by atoms with Crippen LogP contribution in [0.25, 0.3) is 0 Å². The number of carbonyl (C=O) groups excluding carboxylic acids is 2. The molecule has 4 rings (SSSR count). The van der Waals surface area contributed by atoms with E-state index >= 15 is 0 Å². The lowest BCUT2D eigenvalue weighted by atomic mass is 9.92. The number of hydrogen-bond donors (Lipinski definition) is 1. The maximum atomic E-state index is 13.0. The van der Waals surface area contributed by atoms with Crippen molar-refractivity contribution in [3.05, 3.63) is 58.6 Å². The third-order valence-electron chi connectivity index (χ3n) is 4.47. The molecule has 3 amide bonds. The van der Waals surface area contributed by atoms with E-state index in [9.17, 15) is 9.59 Å². The number of ether oxygens (including phenoxy) is 2. The topological polar surface area (TPSA) is 67.9 Å². The number of hydrogen-bond acceptors (Lipinski definition) is 4. The molecule has 2 heterocycles. The Kier molecular flexibility index (Phi) is 3.58. The zero-order valence-corrected chi connectivity index (χ0v) is 14.2. The van der Waals surface area contributed by atoms with Crippen molar-refractivity contribution in [2.75, 3.05) is 6.79 Å². The maximum Gasteiger partial charge on any atom is 0.325 e. The van der Waals surface area contributed by atoms with Crippen molar-refractivity contribution in [3.63, 3.8) is 0 Å². The molecule has 1 atom stereocenters. The van der Waals surface area contributed by atoms with Gasteiger partial charge in [-0.2, -0.15) is 0 Å². The highest BCUT2D eigenvalue weighted by Crippen LogP contribution is 2.36. The van der Waals surface area contributed by atoms with Crippen LogP contribution in [0, 0.1) is 0 Å². The highest BCUT2D eigenvalue weighted by atomic mass is 35.5. The van der Waals surface area contributed by atoms with Crippen molar-refractivity contribution in [2.24, 2.45) is 0 Å². The zero-order valence-electron chi connectivity index (χ0n) is 13.4. The lowest BCUT2D eigenvalue weighted by Crippen LogP contribution is -2.41. The number of benzene rings is 2. The van der Waals surface area contributed by atoms with Crippen LogP contribution in [-0.2, 0) is 16.9 Å². The van der Waals surface area contributed by atoms with E-state index in [4.69, 9.17) is 21.1 Å². The largest absolute Gasteiger partial charge is 0.454 e. The van der Waals surface area contributed by atoms with Gasteiger partial charge in [0.05, 0.1) is 6.54 Å². The van der Waals surface area contributed by atoms with E-state index in [1.54, 1.807) is 49.4 Å². The number of imide groups is 1. The van der Waals surface area contributed by atoms with Crippen molar-refractivity contribution in [1.82, 2.24) is 10.2 Å². The number of fused-ring (bicyclic) bond motifs is 1. The summed E-state index contributed by atoms with van der Waals surface area (Å²) in [6.07, 6.45) is 0. The molecular formula is C18H15ClN2O4. The van der Waals surface area contributed by atoms with E-state index < -0.39 is 11.6 Å². The van der Waals surface area contributed by atoms with Gasteiger partial charge in [-0.1, -0.05) is 35.9 Å². The average molecular weight is 359 g/mol. The molecule has 25 heavy (non-hydrogen) atoms. The van der Waals surface area contributed by atoms with Crippen LogP contribution >= 0.6 is 11.6 Å². The van der Waals surface area contributed by atoms with Gasteiger partial charge in [0.2, 0.25) is 6.79 Å². The number of nitrogens with zero attached hydrogens (tertiary/aromatic N) is 1. The Labute approximate surface area is 149 Å².